The van der Waals surface area contributed by atoms with Crippen molar-refractivity contribution in [1.29, 1.82) is 0 Å². The maximum Gasteiger partial charge on any atom is 0.331 e. The molecule has 7 atom stereocenters. The summed E-state index contributed by atoms with van der Waals surface area (Å²) in [6, 6.07) is 0.497. The highest BCUT2D eigenvalue weighted by atomic mass is 16.4. The summed E-state index contributed by atoms with van der Waals surface area (Å²) >= 11 is 0. The molecule has 0 spiro atoms. The van der Waals surface area contributed by atoms with Crippen LogP contribution in [-0.2, 0) is 9.59 Å². The fourth-order valence-corrected chi connectivity index (χ4v) is 8.73. The van der Waals surface area contributed by atoms with Crippen molar-refractivity contribution in [3.05, 3.63) is 11.6 Å². The molecule has 0 bridgehead atoms. The van der Waals surface area contributed by atoms with E-state index in [1.54, 1.807) is 0 Å². The zero-order valence-electron chi connectivity index (χ0n) is 20.5. The van der Waals surface area contributed by atoms with Gasteiger partial charge in [-0.05, 0) is 114 Å². The number of aliphatic carboxylic acids is 1. The van der Waals surface area contributed by atoms with E-state index in [4.69, 9.17) is 0 Å². The van der Waals surface area contributed by atoms with Gasteiger partial charge in [0.25, 0.3) is 0 Å². The molecule has 0 aromatic carbocycles. The van der Waals surface area contributed by atoms with Crippen LogP contribution in [0.25, 0.3) is 0 Å². The Morgan fingerprint density at radius 1 is 0.935 bits per heavy atom. The average Bonchev–Trinajstić information content (AvgIpc) is 3.03. The summed E-state index contributed by atoms with van der Waals surface area (Å²) < 4.78 is 0. The molecule has 31 heavy (non-hydrogen) atoms. The van der Waals surface area contributed by atoms with Gasteiger partial charge < -0.3 is 10.0 Å². The van der Waals surface area contributed by atoms with Crippen molar-refractivity contribution in [2.75, 3.05) is 0 Å². The molecular formula is C27H43NO3. The quantitative estimate of drug-likeness (QED) is 0.604. The van der Waals surface area contributed by atoms with Crippen LogP contribution >= 0.6 is 0 Å². The topological polar surface area (TPSA) is 57.6 Å². The molecule has 0 saturated heterocycles. The second-order valence-corrected chi connectivity index (χ2v) is 12.2. The number of allylic oxidation sites excluding steroid dienone is 1. The van der Waals surface area contributed by atoms with Crippen LogP contribution in [0.15, 0.2) is 11.6 Å². The number of carboxylic acids is 1. The van der Waals surface area contributed by atoms with Gasteiger partial charge in [0.2, 0.25) is 5.91 Å². The van der Waals surface area contributed by atoms with Gasteiger partial charge in [-0.3, -0.25) is 4.79 Å². The SMILES string of the molecule is CC(C)N(C(=O)[C@H]1CC[C@H]2[C@@H]3CCC4C=C(C(=O)O)CC[C@]4(C)[C@H]3CC[C@]12C)C(C)C. The van der Waals surface area contributed by atoms with E-state index in [2.05, 4.69) is 52.5 Å². The first-order valence-electron chi connectivity index (χ1n) is 12.8. The Hall–Kier alpha value is -1.32. The van der Waals surface area contributed by atoms with E-state index in [1.807, 2.05) is 0 Å². The molecule has 0 radical (unpaired) electrons. The van der Waals surface area contributed by atoms with Gasteiger partial charge in [-0.25, -0.2) is 4.79 Å². The number of amides is 1. The highest BCUT2D eigenvalue weighted by molar-refractivity contribution is 5.86. The minimum absolute atomic E-state index is 0.125. The van der Waals surface area contributed by atoms with Crippen LogP contribution in [0.1, 0.15) is 92.9 Å². The highest BCUT2D eigenvalue weighted by Gasteiger charge is 2.61. The molecule has 4 aliphatic rings. The molecule has 1 amide bonds. The Balaban J connectivity index is 1.58. The standard InChI is InChI=1S/C27H43NO3/c1-16(2)28(17(3)4)24(29)23-10-9-21-20-8-7-19-15-18(25(30)31)11-13-26(19,5)22(20)12-14-27(21,23)6/h15-17,19-23H,7-14H2,1-6H3,(H,30,31)/t19?,20-,21-,22-,23+,26-,27-/m0/s1. The van der Waals surface area contributed by atoms with Crippen LogP contribution in [-0.4, -0.2) is 34.0 Å². The van der Waals surface area contributed by atoms with Gasteiger partial charge in [-0.1, -0.05) is 19.9 Å². The van der Waals surface area contributed by atoms with E-state index in [1.165, 1.54) is 19.3 Å². The average molecular weight is 430 g/mol. The Morgan fingerprint density at radius 2 is 1.58 bits per heavy atom. The van der Waals surface area contributed by atoms with Gasteiger partial charge in [0.15, 0.2) is 0 Å². The number of fused-ring (bicyclic) bond motifs is 5. The van der Waals surface area contributed by atoms with Crippen molar-refractivity contribution in [2.45, 2.75) is 105 Å². The van der Waals surface area contributed by atoms with E-state index in [-0.39, 0.29) is 28.8 Å². The molecule has 0 heterocycles. The minimum atomic E-state index is -0.725. The Bertz CT molecular complexity index is 762. The van der Waals surface area contributed by atoms with Crippen molar-refractivity contribution >= 4 is 11.9 Å². The van der Waals surface area contributed by atoms with Crippen LogP contribution in [0.3, 0.4) is 0 Å². The van der Waals surface area contributed by atoms with Gasteiger partial charge in [0, 0.05) is 23.6 Å². The smallest absolute Gasteiger partial charge is 0.331 e. The van der Waals surface area contributed by atoms with Gasteiger partial charge in [0.1, 0.15) is 0 Å². The molecule has 4 heteroatoms. The van der Waals surface area contributed by atoms with Crippen LogP contribution < -0.4 is 0 Å². The monoisotopic (exact) mass is 429 g/mol. The minimum Gasteiger partial charge on any atom is -0.478 e. The molecule has 1 N–H and O–H groups in total. The summed E-state index contributed by atoms with van der Waals surface area (Å²) in [5.74, 6) is 2.26. The largest absolute Gasteiger partial charge is 0.478 e. The van der Waals surface area contributed by atoms with E-state index in [9.17, 15) is 14.7 Å². The summed E-state index contributed by atoms with van der Waals surface area (Å²) in [5, 5.41) is 9.50. The van der Waals surface area contributed by atoms with Crippen LogP contribution in [0, 0.1) is 40.4 Å². The number of nitrogens with zero attached hydrogens (tertiary/aromatic N) is 1. The van der Waals surface area contributed by atoms with Crippen LogP contribution in [0.5, 0.6) is 0 Å². The second kappa shape index (κ2) is 7.92. The molecular weight excluding hydrogens is 386 g/mol. The number of carboxylic acid groups (broad SMARTS) is 1. The normalized spacial score (nSPS) is 41.9. The summed E-state index contributed by atoms with van der Waals surface area (Å²) in [6.45, 7) is 13.5. The Morgan fingerprint density at radius 3 is 2.19 bits per heavy atom. The predicted molar refractivity (Wildman–Crippen MR) is 123 cm³/mol. The van der Waals surface area contributed by atoms with E-state index >= 15 is 0 Å². The highest BCUT2D eigenvalue weighted by Crippen LogP contribution is 2.67. The van der Waals surface area contributed by atoms with E-state index in [0.717, 1.165) is 25.7 Å². The Kier molecular flexibility index (Phi) is 5.84. The first-order chi connectivity index (χ1) is 14.5. The zero-order chi connectivity index (χ0) is 22.7. The van der Waals surface area contributed by atoms with Crippen molar-refractivity contribution < 1.29 is 14.7 Å². The van der Waals surface area contributed by atoms with Gasteiger partial charge in [-0.15, -0.1) is 0 Å². The molecule has 3 saturated carbocycles. The zero-order valence-corrected chi connectivity index (χ0v) is 20.5. The van der Waals surface area contributed by atoms with Gasteiger partial charge in [-0.2, -0.15) is 0 Å². The van der Waals surface area contributed by atoms with E-state index in [0.29, 0.717) is 41.6 Å². The lowest BCUT2D eigenvalue weighted by atomic mass is 9.45. The molecule has 3 fully saturated rings. The van der Waals surface area contributed by atoms with Crippen LogP contribution in [0.4, 0.5) is 0 Å². The lowest BCUT2D eigenvalue weighted by Gasteiger charge is -2.59. The third-order valence-electron chi connectivity index (χ3n) is 10.2. The van der Waals surface area contributed by atoms with Crippen molar-refractivity contribution in [3.8, 4) is 0 Å². The molecule has 174 valence electrons. The summed E-state index contributed by atoms with van der Waals surface area (Å²) in [5.41, 5.74) is 0.989. The van der Waals surface area contributed by atoms with E-state index < -0.39 is 5.97 Å². The third-order valence-corrected chi connectivity index (χ3v) is 10.2. The first kappa shape index (κ1) is 22.9. The van der Waals surface area contributed by atoms with Crippen molar-refractivity contribution in [3.63, 3.8) is 0 Å². The fourth-order valence-electron chi connectivity index (χ4n) is 8.73. The second-order valence-electron chi connectivity index (χ2n) is 12.2. The molecule has 0 aliphatic heterocycles. The fraction of sp³-hybridized carbons (Fsp3) is 0.852. The number of hydrogen-bond donors (Lipinski definition) is 1. The molecule has 0 aromatic heterocycles. The molecule has 4 nitrogen and oxygen atoms in total. The maximum absolute atomic E-state index is 13.7. The predicted octanol–water partition coefficient (Wildman–Crippen LogP) is 5.91. The summed E-state index contributed by atoms with van der Waals surface area (Å²) in [4.78, 5) is 27.4. The first-order valence-corrected chi connectivity index (χ1v) is 12.8. The number of hydrogen-bond acceptors (Lipinski definition) is 2. The summed E-state index contributed by atoms with van der Waals surface area (Å²) in [6.07, 6.45) is 10.7. The maximum atomic E-state index is 13.7. The lowest BCUT2D eigenvalue weighted by molar-refractivity contribution is -0.148. The molecule has 4 rings (SSSR count). The van der Waals surface area contributed by atoms with Gasteiger partial charge >= 0.3 is 5.97 Å². The van der Waals surface area contributed by atoms with Crippen LogP contribution in [0.2, 0.25) is 0 Å². The van der Waals surface area contributed by atoms with Gasteiger partial charge in [0.05, 0.1) is 0 Å². The number of carbonyl (C=O) groups excluding carboxylic acids is 1. The Labute approximate surface area is 188 Å². The van der Waals surface area contributed by atoms with Crippen molar-refractivity contribution in [2.24, 2.45) is 40.4 Å². The third kappa shape index (κ3) is 3.47. The lowest BCUT2D eigenvalue weighted by Crippen LogP contribution is -2.54. The van der Waals surface area contributed by atoms with Crippen molar-refractivity contribution in [1.82, 2.24) is 4.90 Å². The molecule has 4 aliphatic carbocycles. The summed E-state index contributed by atoms with van der Waals surface area (Å²) in [7, 11) is 0. The molecule has 0 aromatic rings. The molecule has 1 unspecified atom stereocenters. The number of rotatable bonds is 4. The number of carbonyl (C=O) groups is 2.